The molecule has 4 nitrogen and oxygen atoms in total. The summed E-state index contributed by atoms with van der Waals surface area (Å²) in [5, 5.41) is 2.75. The maximum absolute atomic E-state index is 13.4. The number of anilines is 1. The first-order valence-corrected chi connectivity index (χ1v) is 7.96. The van der Waals surface area contributed by atoms with E-state index in [0.717, 1.165) is 5.69 Å². The molecule has 0 saturated heterocycles. The molecule has 0 saturated carbocycles. The third-order valence-corrected chi connectivity index (χ3v) is 4.67. The van der Waals surface area contributed by atoms with Crippen LogP contribution in [0.5, 0.6) is 0 Å². The third kappa shape index (κ3) is 2.40. The van der Waals surface area contributed by atoms with Crippen LogP contribution in [0.15, 0.2) is 48.8 Å². The van der Waals surface area contributed by atoms with Gasteiger partial charge in [0.05, 0.1) is 0 Å². The van der Waals surface area contributed by atoms with Gasteiger partial charge < -0.3 is 0 Å². The quantitative estimate of drug-likeness (QED) is 0.646. The molecule has 0 spiro atoms. The van der Waals surface area contributed by atoms with E-state index in [0.29, 0.717) is 11.4 Å². The molecule has 0 aliphatic carbocycles. The van der Waals surface area contributed by atoms with Crippen LogP contribution in [-0.4, -0.2) is 20.5 Å². The fourth-order valence-corrected chi connectivity index (χ4v) is 3.37. The van der Waals surface area contributed by atoms with Gasteiger partial charge >= 0.3 is 128 Å². The van der Waals surface area contributed by atoms with Gasteiger partial charge in [0.1, 0.15) is 0 Å². The third-order valence-electron chi connectivity index (χ3n) is 2.73. The van der Waals surface area contributed by atoms with Crippen molar-refractivity contribution in [2.45, 2.75) is 0 Å². The molecule has 0 fully saturated rings. The van der Waals surface area contributed by atoms with Gasteiger partial charge in [-0.1, -0.05) is 0 Å². The van der Waals surface area contributed by atoms with E-state index in [4.69, 9.17) is 0 Å². The number of fused-ring (bicyclic) bond motifs is 1. The van der Waals surface area contributed by atoms with Gasteiger partial charge in [0.2, 0.25) is 0 Å². The molecule has 0 atom stereocenters. The van der Waals surface area contributed by atoms with Crippen molar-refractivity contribution in [2.75, 3.05) is 5.32 Å². The summed E-state index contributed by atoms with van der Waals surface area (Å²) in [5.41, 5.74) is 2.30. The molecule has 100 valence electrons. The zero-order valence-electron chi connectivity index (χ0n) is 9.93. The second-order valence-electron chi connectivity index (χ2n) is 3.99. The van der Waals surface area contributed by atoms with Crippen molar-refractivity contribution >= 4 is 53.5 Å². The zero-order valence-corrected chi connectivity index (χ0v) is 13.2. The first-order valence-electron chi connectivity index (χ1n) is 5.63. The molecular weight excluding hydrogens is 392 g/mol. The minimum atomic E-state index is -0.473. The molecule has 0 bridgehead atoms. The number of carbonyl (C=O) groups is 1. The molecule has 1 N–H and O–H groups in total. The van der Waals surface area contributed by atoms with Crippen LogP contribution in [0.25, 0.3) is 0 Å². The van der Waals surface area contributed by atoms with Gasteiger partial charge in [-0.3, -0.25) is 0 Å². The Morgan fingerprint density at radius 3 is 2.85 bits per heavy atom. The molecule has 0 aromatic heterocycles. The van der Waals surface area contributed by atoms with E-state index in [2.05, 4.69) is 29.2 Å². The normalized spacial score (nSPS) is 11.9. The molecule has 2 aromatic rings. The van der Waals surface area contributed by atoms with Crippen LogP contribution in [0, 0.1) is 5.82 Å². The fraction of sp³-hybridized carbons (Fsp3) is 0. The molecule has 1 amide bonds. The first kappa shape index (κ1) is 13.4. The van der Waals surface area contributed by atoms with Gasteiger partial charge in [-0.15, -0.1) is 0 Å². The van der Waals surface area contributed by atoms with Gasteiger partial charge in [0.15, 0.2) is 0 Å². The number of halogens is 2. The Morgan fingerprint density at radius 2 is 2.00 bits per heavy atom. The topological polar surface area (TPSA) is 53.8 Å². The van der Waals surface area contributed by atoms with Crippen LogP contribution < -0.4 is 5.32 Å². The van der Waals surface area contributed by atoms with E-state index in [1.54, 1.807) is 18.2 Å². The standard InChI is InChI=1S/C13H7BrFN3OSe/c14-11-7(3-1-4-8(11)15)13(19)16-9-5-2-6-10-12(9)18-20-17-10/h1-6H,(H,16,19). The van der Waals surface area contributed by atoms with E-state index in [1.807, 2.05) is 6.07 Å². The number of hydrogen-bond donors (Lipinski definition) is 1. The molecule has 1 heterocycles. The number of nitrogens with one attached hydrogen (secondary N) is 1. The molecule has 0 radical (unpaired) electrons. The summed E-state index contributed by atoms with van der Waals surface area (Å²) in [6.07, 6.45) is 0. The first-order chi connectivity index (χ1) is 9.66. The minimum absolute atomic E-state index is 0.149. The van der Waals surface area contributed by atoms with Crippen LogP contribution in [0.2, 0.25) is 0 Å². The van der Waals surface area contributed by atoms with Gasteiger partial charge in [0, 0.05) is 0 Å². The Labute approximate surface area is 128 Å². The zero-order chi connectivity index (χ0) is 14.1. The van der Waals surface area contributed by atoms with Crippen molar-refractivity contribution in [1.29, 1.82) is 0 Å². The summed E-state index contributed by atoms with van der Waals surface area (Å²) < 4.78 is 22.1. The van der Waals surface area contributed by atoms with Gasteiger partial charge in [-0.2, -0.15) is 0 Å². The maximum atomic E-state index is 13.4. The van der Waals surface area contributed by atoms with Crippen LogP contribution in [0.3, 0.4) is 0 Å². The van der Waals surface area contributed by atoms with Crippen LogP contribution in [0.4, 0.5) is 21.5 Å². The van der Waals surface area contributed by atoms with Crippen molar-refractivity contribution in [1.82, 2.24) is 0 Å². The molecule has 3 rings (SSSR count). The van der Waals surface area contributed by atoms with Crippen molar-refractivity contribution in [3.05, 3.63) is 52.3 Å². The van der Waals surface area contributed by atoms with Gasteiger partial charge in [-0.25, -0.2) is 0 Å². The molecule has 0 unspecified atom stereocenters. The monoisotopic (exact) mass is 399 g/mol. The number of amides is 1. The Morgan fingerprint density at radius 1 is 1.20 bits per heavy atom. The molecule has 7 heteroatoms. The van der Waals surface area contributed by atoms with Crippen molar-refractivity contribution < 1.29 is 9.18 Å². The van der Waals surface area contributed by atoms with Crippen LogP contribution in [-0.2, 0) is 0 Å². The number of benzene rings is 2. The van der Waals surface area contributed by atoms with E-state index >= 15 is 0 Å². The van der Waals surface area contributed by atoms with E-state index in [9.17, 15) is 9.18 Å². The summed E-state index contributed by atoms with van der Waals surface area (Å²) in [7, 11) is 0. The Kier molecular flexibility index (Phi) is 3.65. The summed E-state index contributed by atoms with van der Waals surface area (Å²) in [4.78, 5) is 12.2. The number of rotatable bonds is 2. The van der Waals surface area contributed by atoms with E-state index in [-0.39, 0.29) is 30.5 Å². The summed E-state index contributed by atoms with van der Waals surface area (Å²) in [6, 6.07) is 9.74. The predicted molar refractivity (Wildman–Crippen MR) is 78.4 cm³/mol. The molecular formula is C13H7BrFN3OSe. The number of nitrogens with zero attached hydrogens (tertiary/aromatic N) is 2. The predicted octanol–water partition coefficient (Wildman–Crippen LogP) is 4.19. The Hall–Kier alpha value is -1.56. The van der Waals surface area contributed by atoms with E-state index < -0.39 is 5.82 Å². The summed E-state index contributed by atoms with van der Waals surface area (Å²) in [5.74, 6) is -0.863. The molecule has 1 aliphatic heterocycles. The van der Waals surface area contributed by atoms with Gasteiger partial charge in [-0.05, 0) is 0 Å². The Balaban J connectivity index is 1.93. The molecule has 1 aliphatic rings. The molecule has 20 heavy (non-hydrogen) atoms. The average molecular weight is 399 g/mol. The number of carbonyl (C=O) groups excluding carboxylic acids is 1. The second-order valence-corrected chi connectivity index (χ2v) is 5.89. The average Bonchev–Trinajstić information content (AvgIpc) is 2.91. The number of hydrogen-bond acceptors (Lipinski definition) is 3. The van der Waals surface area contributed by atoms with Crippen LogP contribution in [0.1, 0.15) is 10.4 Å². The fourth-order valence-electron chi connectivity index (χ4n) is 1.78. The van der Waals surface area contributed by atoms with Crippen LogP contribution >= 0.6 is 15.9 Å². The molecule has 2 aromatic carbocycles. The summed E-state index contributed by atoms with van der Waals surface area (Å²) in [6.45, 7) is 0. The second kappa shape index (κ2) is 5.44. The summed E-state index contributed by atoms with van der Waals surface area (Å²) >= 11 is 2.92. The SMILES string of the molecule is O=C(Nc1cccc2c1N=[Se]=N2)c1cccc(F)c1Br. The van der Waals surface area contributed by atoms with E-state index in [1.165, 1.54) is 12.1 Å². The van der Waals surface area contributed by atoms with Crippen molar-refractivity contribution in [2.24, 2.45) is 7.92 Å². The van der Waals surface area contributed by atoms with Crippen molar-refractivity contribution in [3.8, 4) is 0 Å². The van der Waals surface area contributed by atoms with Crippen molar-refractivity contribution in [3.63, 3.8) is 0 Å². The van der Waals surface area contributed by atoms with Gasteiger partial charge in [0.25, 0.3) is 0 Å². The Bertz CT molecular complexity index is 787.